The van der Waals surface area contributed by atoms with Crippen LogP contribution in [-0.4, -0.2) is 16.2 Å². The van der Waals surface area contributed by atoms with Gasteiger partial charge in [-0.3, -0.25) is 0 Å². The van der Waals surface area contributed by atoms with Crippen molar-refractivity contribution in [3.63, 3.8) is 0 Å². The molecule has 5 nitrogen and oxygen atoms in total. The monoisotopic (exact) mass is 283 g/mol. The third-order valence-corrected chi connectivity index (χ3v) is 2.99. The first kappa shape index (κ1) is 14.7. The van der Waals surface area contributed by atoms with E-state index in [0.29, 0.717) is 16.7 Å². The average molecular weight is 283 g/mol. The lowest BCUT2D eigenvalue weighted by Crippen LogP contribution is -2.08. The molecule has 2 N–H and O–H groups in total. The molecule has 0 bridgehead atoms. The van der Waals surface area contributed by atoms with Crippen LogP contribution in [0.5, 0.6) is 0 Å². The second-order valence-electron chi connectivity index (χ2n) is 4.32. The fraction of sp³-hybridized carbons (Fsp3) is 0.125. The predicted molar refractivity (Wildman–Crippen MR) is 74.3 cm³/mol. The van der Waals surface area contributed by atoms with Gasteiger partial charge in [0.25, 0.3) is 0 Å². The van der Waals surface area contributed by atoms with Gasteiger partial charge < -0.3 is 14.9 Å². The van der Waals surface area contributed by atoms with Crippen molar-refractivity contribution in [2.45, 2.75) is 12.9 Å². The molecule has 0 aliphatic rings. The minimum atomic E-state index is -1.29. The predicted octanol–water partition coefficient (Wildman–Crippen LogP) is 2.46. The van der Waals surface area contributed by atoms with Gasteiger partial charge >= 0.3 is 5.97 Å². The van der Waals surface area contributed by atoms with Crippen LogP contribution in [0.25, 0.3) is 0 Å². The fourth-order valence-corrected chi connectivity index (χ4v) is 1.93. The fourth-order valence-electron chi connectivity index (χ4n) is 1.93. The van der Waals surface area contributed by atoms with E-state index < -0.39 is 12.3 Å². The van der Waals surface area contributed by atoms with E-state index in [1.54, 1.807) is 42.5 Å². The van der Waals surface area contributed by atoms with Gasteiger partial charge in [-0.2, -0.15) is 5.26 Å². The minimum Gasteiger partial charge on any atom is -0.478 e. The van der Waals surface area contributed by atoms with Crippen LogP contribution < -0.4 is 0 Å². The zero-order chi connectivity index (χ0) is 15.2. The van der Waals surface area contributed by atoms with E-state index in [9.17, 15) is 9.90 Å². The largest absolute Gasteiger partial charge is 0.478 e. The van der Waals surface area contributed by atoms with Crippen molar-refractivity contribution in [1.82, 2.24) is 0 Å². The first-order valence-electron chi connectivity index (χ1n) is 6.23. The number of ether oxygens (including phenoxy) is 1. The molecule has 2 rings (SSSR count). The number of hydrogen-bond donors (Lipinski definition) is 2. The van der Waals surface area contributed by atoms with Gasteiger partial charge in [-0.1, -0.05) is 36.4 Å². The van der Waals surface area contributed by atoms with Crippen LogP contribution >= 0.6 is 0 Å². The molecular formula is C16H13NO4. The number of aliphatic hydroxyl groups excluding tert-OH is 1. The Morgan fingerprint density at radius 3 is 2.57 bits per heavy atom. The van der Waals surface area contributed by atoms with Crippen molar-refractivity contribution in [3.05, 3.63) is 70.8 Å². The molecule has 0 fully saturated rings. The van der Waals surface area contributed by atoms with Gasteiger partial charge in [-0.15, -0.1) is 0 Å². The first-order valence-corrected chi connectivity index (χ1v) is 6.23. The van der Waals surface area contributed by atoms with E-state index in [2.05, 4.69) is 0 Å². The van der Waals surface area contributed by atoms with Gasteiger partial charge in [0.05, 0.1) is 23.8 Å². The van der Waals surface area contributed by atoms with Crippen molar-refractivity contribution >= 4 is 5.97 Å². The average Bonchev–Trinajstić information content (AvgIpc) is 2.52. The summed E-state index contributed by atoms with van der Waals surface area (Å²) in [5.74, 6) is -1.05. The second kappa shape index (κ2) is 6.66. The van der Waals surface area contributed by atoms with E-state index in [-0.39, 0.29) is 12.2 Å². The van der Waals surface area contributed by atoms with Gasteiger partial charge in [0.2, 0.25) is 0 Å². The Labute approximate surface area is 121 Å². The van der Waals surface area contributed by atoms with Crippen LogP contribution in [0.15, 0.2) is 48.5 Å². The number of rotatable bonds is 5. The summed E-state index contributed by atoms with van der Waals surface area (Å²) in [5, 5.41) is 28.0. The Hall–Kier alpha value is -2.68. The molecular weight excluding hydrogens is 270 g/mol. The van der Waals surface area contributed by atoms with Crippen LogP contribution in [0.2, 0.25) is 0 Å². The Morgan fingerprint density at radius 1 is 1.19 bits per heavy atom. The van der Waals surface area contributed by atoms with Gasteiger partial charge in [-0.25, -0.2) is 4.79 Å². The van der Waals surface area contributed by atoms with Crippen LogP contribution in [0.4, 0.5) is 0 Å². The maximum absolute atomic E-state index is 11.1. The van der Waals surface area contributed by atoms with Gasteiger partial charge in [0.15, 0.2) is 6.29 Å². The number of carbonyl (C=O) groups is 1. The molecule has 0 saturated carbocycles. The Balaban J connectivity index is 2.14. The number of carboxylic acid groups (broad SMARTS) is 1. The van der Waals surface area contributed by atoms with Crippen LogP contribution in [-0.2, 0) is 11.3 Å². The highest BCUT2D eigenvalue weighted by Gasteiger charge is 2.15. The quantitative estimate of drug-likeness (QED) is 0.822. The maximum atomic E-state index is 11.1. The summed E-state index contributed by atoms with van der Waals surface area (Å²) in [6, 6.07) is 14.9. The molecule has 0 radical (unpaired) electrons. The van der Waals surface area contributed by atoms with Crippen LogP contribution in [0.1, 0.15) is 33.3 Å². The number of aromatic carboxylic acids is 1. The number of benzene rings is 2. The van der Waals surface area contributed by atoms with Crippen molar-refractivity contribution in [3.8, 4) is 6.07 Å². The first-order chi connectivity index (χ1) is 10.1. The van der Waals surface area contributed by atoms with E-state index in [1.165, 1.54) is 6.07 Å². The molecule has 2 aromatic rings. The van der Waals surface area contributed by atoms with Gasteiger partial charge in [-0.05, 0) is 17.7 Å². The van der Waals surface area contributed by atoms with Crippen molar-refractivity contribution in [2.24, 2.45) is 0 Å². The number of carboxylic acids is 1. The lowest BCUT2D eigenvalue weighted by molar-refractivity contribution is -0.112. The Kier molecular flexibility index (Phi) is 4.67. The lowest BCUT2D eigenvalue weighted by atomic mass is 10.1. The lowest BCUT2D eigenvalue weighted by Gasteiger charge is -2.14. The summed E-state index contributed by atoms with van der Waals surface area (Å²) in [5.41, 5.74) is 1.25. The molecule has 0 spiro atoms. The normalized spacial score (nSPS) is 11.6. The smallest absolute Gasteiger partial charge is 0.336 e. The minimum absolute atomic E-state index is 0.0661. The summed E-state index contributed by atoms with van der Waals surface area (Å²) in [4.78, 5) is 11.1. The van der Waals surface area contributed by atoms with Crippen molar-refractivity contribution in [1.29, 1.82) is 5.26 Å². The number of nitrogens with zero attached hydrogens (tertiary/aromatic N) is 1. The molecule has 0 aliphatic carbocycles. The molecule has 0 aliphatic heterocycles. The molecule has 106 valence electrons. The maximum Gasteiger partial charge on any atom is 0.336 e. The summed E-state index contributed by atoms with van der Waals surface area (Å²) in [6.45, 7) is -0.0661. The molecule has 1 unspecified atom stereocenters. The highest BCUT2D eigenvalue weighted by atomic mass is 16.6. The third-order valence-electron chi connectivity index (χ3n) is 2.99. The molecule has 0 saturated heterocycles. The number of nitriles is 1. The number of aliphatic hydroxyl groups is 1. The van der Waals surface area contributed by atoms with Crippen molar-refractivity contribution < 1.29 is 19.7 Å². The third kappa shape index (κ3) is 3.45. The zero-order valence-corrected chi connectivity index (χ0v) is 11.1. The molecule has 21 heavy (non-hydrogen) atoms. The van der Waals surface area contributed by atoms with E-state index in [1.807, 2.05) is 6.07 Å². The summed E-state index contributed by atoms with van der Waals surface area (Å²) >= 11 is 0. The van der Waals surface area contributed by atoms with E-state index >= 15 is 0 Å². The molecule has 5 heteroatoms. The standard InChI is InChI=1S/C16H13NO4/c17-9-11-5-1-4-8-14(11)16(20)21-10-12-6-2-3-7-13(12)15(18)19/h1-8,16,20H,10H2,(H,18,19). The van der Waals surface area contributed by atoms with Crippen LogP contribution in [0.3, 0.4) is 0 Å². The summed E-state index contributed by atoms with van der Waals surface area (Å²) in [7, 11) is 0. The molecule has 2 aromatic carbocycles. The summed E-state index contributed by atoms with van der Waals surface area (Å²) in [6.07, 6.45) is -1.29. The molecule has 1 atom stereocenters. The van der Waals surface area contributed by atoms with Crippen LogP contribution in [0, 0.1) is 11.3 Å². The zero-order valence-electron chi connectivity index (χ0n) is 11.1. The SMILES string of the molecule is N#Cc1ccccc1C(O)OCc1ccccc1C(=O)O. The topological polar surface area (TPSA) is 90.5 Å². The Bertz CT molecular complexity index is 691. The van der Waals surface area contributed by atoms with E-state index in [0.717, 1.165) is 0 Å². The molecule has 0 heterocycles. The highest BCUT2D eigenvalue weighted by Crippen LogP contribution is 2.21. The Morgan fingerprint density at radius 2 is 1.86 bits per heavy atom. The highest BCUT2D eigenvalue weighted by molar-refractivity contribution is 5.89. The number of hydrogen-bond acceptors (Lipinski definition) is 4. The molecule has 0 aromatic heterocycles. The molecule has 0 amide bonds. The summed E-state index contributed by atoms with van der Waals surface area (Å²) < 4.78 is 5.29. The van der Waals surface area contributed by atoms with Gasteiger partial charge in [0.1, 0.15) is 0 Å². The van der Waals surface area contributed by atoms with Gasteiger partial charge in [0, 0.05) is 5.56 Å². The van der Waals surface area contributed by atoms with E-state index in [4.69, 9.17) is 15.1 Å². The second-order valence-corrected chi connectivity index (χ2v) is 4.32. The van der Waals surface area contributed by atoms with Crippen molar-refractivity contribution in [2.75, 3.05) is 0 Å².